The molecular formula is C7H10N. The third-order valence-corrected chi connectivity index (χ3v) is 1.17. The molecule has 0 aliphatic rings. The molecule has 0 N–H and O–H groups in total. The number of nitriles is 1. The second-order valence-electron chi connectivity index (χ2n) is 1.83. The minimum absolute atomic E-state index is 0.250. The van der Waals surface area contributed by atoms with E-state index >= 15 is 0 Å². The Kier molecular flexibility index (Phi) is 2.95. The lowest BCUT2D eigenvalue weighted by Gasteiger charge is -2.01. The zero-order valence-corrected chi connectivity index (χ0v) is 5.15. The maximum atomic E-state index is 8.26. The van der Waals surface area contributed by atoms with Gasteiger partial charge in [-0.3, -0.25) is 0 Å². The van der Waals surface area contributed by atoms with Crippen LogP contribution >= 0.6 is 0 Å². The van der Waals surface area contributed by atoms with Crippen LogP contribution in [-0.4, -0.2) is 0 Å². The minimum Gasteiger partial charge on any atom is -0.193 e. The summed E-state index contributed by atoms with van der Waals surface area (Å²) < 4.78 is 0. The van der Waals surface area contributed by atoms with Crippen molar-refractivity contribution in [3.8, 4) is 6.07 Å². The quantitative estimate of drug-likeness (QED) is 0.496. The van der Waals surface area contributed by atoms with E-state index in [0.717, 1.165) is 6.42 Å². The number of hydrogen-bond donors (Lipinski definition) is 0. The van der Waals surface area contributed by atoms with Crippen molar-refractivity contribution in [2.45, 2.75) is 13.3 Å². The highest BCUT2D eigenvalue weighted by Crippen LogP contribution is 2.09. The fraction of sp³-hybridized carbons (Fsp3) is 0.429. The summed E-state index contributed by atoms with van der Waals surface area (Å²) in [6.07, 6.45) is 0.756. The van der Waals surface area contributed by atoms with Crippen molar-refractivity contribution < 1.29 is 0 Å². The van der Waals surface area contributed by atoms with Gasteiger partial charge in [0.1, 0.15) is 0 Å². The summed E-state index contributed by atoms with van der Waals surface area (Å²) in [6.45, 7) is 9.13. The molecule has 0 aliphatic carbocycles. The number of allylic oxidation sites excluding steroid dienone is 1. The summed E-state index contributed by atoms with van der Waals surface area (Å²) in [6, 6.07) is 1.98. The van der Waals surface area contributed by atoms with Crippen LogP contribution in [0.15, 0.2) is 12.2 Å². The molecule has 0 fully saturated rings. The maximum Gasteiger partial charge on any atom is 0.0943 e. The molecule has 1 unspecified atom stereocenters. The van der Waals surface area contributed by atoms with Gasteiger partial charge in [-0.05, 0) is 12.3 Å². The van der Waals surface area contributed by atoms with Gasteiger partial charge in [0.05, 0.1) is 6.07 Å². The lowest BCUT2D eigenvalue weighted by atomic mass is 10.0. The first-order valence-corrected chi connectivity index (χ1v) is 2.60. The van der Waals surface area contributed by atoms with E-state index in [2.05, 4.69) is 13.5 Å². The van der Waals surface area contributed by atoms with Crippen molar-refractivity contribution in [3.63, 3.8) is 0 Å². The van der Waals surface area contributed by atoms with Gasteiger partial charge in [0.15, 0.2) is 0 Å². The summed E-state index contributed by atoms with van der Waals surface area (Å²) in [5.41, 5.74) is 0.625. The molecule has 43 valence electrons. The van der Waals surface area contributed by atoms with Crippen LogP contribution in [-0.2, 0) is 0 Å². The average molecular weight is 108 g/mol. The van der Waals surface area contributed by atoms with Gasteiger partial charge in [-0.2, -0.15) is 5.26 Å². The van der Waals surface area contributed by atoms with Crippen LogP contribution in [0.3, 0.4) is 0 Å². The molecule has 1 heteroatoms. The molecule has 0 aromatic rings. The third-order valence-electron chi connectivity index (χ3n) is 1.17. The van der Waals surface area contributed by atoms with Gasteiger partial charge in [-0.1, -0.05) is 20.4 Å². The van der Waals surface area contributed by atoms with Crippen LogP contribution in [0.5, 0.6) is 0 Å². The molecule has 1 radical (unpaired) electrons. The Morgan fingerprint density at radius 3 is 2.50 bits per heavy atom. The van der Waals surface area contributed by atoms with E-state index in [1.54, 1.807) is 0 Å². The molecule has 0 aromatic carbocycles. The van der Waals surface area contributed by atoms with Gasteiger partial charge in [-0.25, -0.2) is 0 Å². The van der Waals surface area contributed by atoms with E-state index < -0.39 is 0 Å². The molecule has 0 saturated heterocycles. The Bertz CT molecular complexity index is 119. The Morgan fingerprint density at radius 2 is 2.38 bits per heavy atom. The molecule has 0 amide bonds. The molecule has 0 aliphatic heterocycles. The lowest BCUT2D eigenvalue weighted by Crippen LogP contribution is -1.92. The molecule has 0 aromatic heterocycles. The highest BCUT2D eigenvalue weighted by molar-refractivity contribution is 5.18. The average Bonchev–Trinajstić information content (AvgIpc) is 1.84. The van der Waals surface area contributed by atoms with Crippen LogP contribution in [0.2, 0.25) is 0 Å². The summed E-state index contributed by atoms with van der Waals surface area (Å²) in [7, 11) is 0. The van der Waals surface area contributed by atoms with Gasteiger partial charge in [-0.15, -0.1) is 0 Å². The van der Waals surface area contributed by atoms with Gasteiger partial charge in [0.25, 0.3) is 0 Å². The van der Waals surface area contributed by atoms with E-state index in [1.807, 2.05) is 13.0 Å². The first kappa shape index (κ1) is 7.23. The monoisotopic (exact) mass is 108 g/mol. The fourth-order valence-corrected chi connectivity index (χ4v) is 0.284. The van der Waals surface area contributed by atoms with E-state index in [0.29, 0.717) is 5.57 Å². The predicted molar refractivity (Wildman–Crippen MR) is 33.9 cm³/mol. The normalized spacial score (nSPS) is 12.1. The minimum atomic E-state index is 0.250. The molecule has 0 rings (SSSR count). The van der Waals surface area contributed by atoms with Gasteiger partial charge in [0, 0.05) is 5.57 Å². The molecule has 1 atom stereocenters. The second-order valence-corrected chi connectivity index (χ2v) is 1.83. The number of rotatable bonds is 2. The maximum absolute atomic E-state index is 8.26. The summed E-state index contributed by atoms with van der Waals surface area (Å²) >= 11 is 0. The first-order chi connectivity index (χ1) is 3.72. The summed E-state index contributed by atoms with van der Waals surface area (Å²) in [5, 5.41) is 8.26. The molecular weight excluding hydrogens is 98.1 g/mol. The van der Waals surface area contributed by atoms with Crippen molar-refractivity contribution in [1.29, 1.82) is 5.26 Å². The van der Waals surface area contributed by atoms with Gasteiger partial charge in [0.2, 0.25) is 0 Å². The van der Waals surface area contributed by atoms with Crippen molar-refractivity contribution in [2.75, 3.05) is 0 Å². The van der Waals surface area contributed by atoms with E-state index in [1.165, 1.54) is 0 Å². The molecule has 8 heavy (non-hydrogen) atoms. The zero-order valence-electron chi connectivity index (χ0n) is 5.15. The number of hydrogen-bond acceptors (Lipinski definition) is 1. The Balaban J connectivity index is 3.68. The Labute approximate surface area is 50.6 Å². The van der Waals surface area contributed by atoms with E-state index in [9.17, 15) is 0 Å². The summed E-state index contributed by atoms with van der Waals surface area (Å²) in [5.74, 6) is 0.250. The second kappa shape index (κ2) is 3.26. The smallest absolute Gasteiger partial charge is 0.0943 e. The topological polar surface area (TPSA) is 23.8 Å². The van der Waals surface area contributed by atoms with Crippen molar-refractivity contribution in [1.82, 2.24) is 0 Å². The van der Waals surface area contributed by atoms with Gasteiger partial charge < -0.3 is 0 Å². The standard InChI is InChI=1S/C7H10N/c1-4-6(2)7(3)5-8/h6H,1,3-4H2,2H3. The van der Waals surface area contributed by atoms with E-state index in [-0.39, 0.29) is 5.92 Å². The molecule has 1 nitrogen and oxygen atoms in total. The predicted octanol–water partition coefficient (Wildman–Crippen LogP) is 1.93. The van der Waals surface area contributed by atoms with Crippen LogP contribution < -0.4 is 0 Å². The molecule has 0 spiro atoms. The van der Waals surface area contributed by atoms with Crippen molar-refractivity contribution in [2.24, 2.45) is 5.92 Å². The van der Waals surface area contributed by atoms with Crippen molar-refractivity contribution in [3.05, 3.63) is 19.1 Å². The number of nitrogens with zero attached hydrogens (tertiary/aromatic N) is 1. The molecule has 0 heterocycles. The van der Waals surface area contributed by atoms with Crippen LogP contribution in [0.4, 0.5) is 0 Å². The SMILES string of the molecule is [CH2]CC(C)C(=C)C#N. The van der Waals surface area contributed by atoms with E-state index in [4.69, 9.17) is 5.26 Å². The fourth-order valence-electron chi connectivity index (χ4n) is 0.284. The molecule has 0 bridgehead atoms. The zero-order chi connectivity index (χ0) is 6.57. The Hall–Kier alpha value is -0.770. The Morgan fingerprint density at radius 1 is 1.88 bits per heavy atom. The highest BCUT2D eigenvalue weighted by Gasteiger charge is 1.99. The highest BCUT2D eigenvalue weighted by atomic mass is 14.2. The summed E-state index contributed by atoms with van der Waals surface area (Å²) in [4.78, 5) is 0. The van der Waals surface area contributed by atoms with Crippen LogP contribution in [0.1, 0.15) is 13.3 Å². The van der Waals surface area contributed by atoms with Gasteiger partial charge >= 0.3 is 0 Å². The van der Waals surface area contributed by atoms with Crippen molar-refractivity contribution >= 4 is 0 Å². The van der Waals surface area contributed by atoms with Crippen LogP contribution in [0, 0.1) is 24.2 Å². The third kappa shape index (κ3) is 1.79. The van der Waals surface area contributed by atoms with Crippen LogP contribution in [0.25, 0.3) is 0 Å². The molecule has 0 saturated carbocycles. The first-order valence-electron chi connectivity index (χ1n) is 2.60. The largest absolute Gasteiger partial charge is 0.193 e. The lowest BCUT2D eigenvalue weighted by molar-refractivity contribution is 0.716.